The van der Waals surface area contributed by atoms with Crippen molar-refractivity contribution in [1.29, 1.82) is 0 Å². The minimum Gasteiger partial charge on any atom is -0.496 e. The standard InChI is InChI=1S/C15H19N3O2S/c1-10(2)15-17-11(9-21-15)8-20-18-14(16)12-6-4-5-7-13(12)19-3/h4-7,9-10H,8H2,1-3H3,(H2,16,18). The van der Waals surface area contributed by atoms with Gasteiger partial charge in [0, 0.05) is 11.3 Å². The van der Waals surface area contributed by atoms with Gasteiger partial charge in [-0.2, -0.15) is 0 Å². The van der Waals surface area contributed by atoms with E-state index in [9.17, 15) is 0 Å². The highest BCUT2D eigenvalue weighted by Crippen LogP contribution is 2.20. The first-order valence-corrected chi connectivity index (χ1v) is 7.53. The maximum absolute atomic E-state index is 5.92. The van der Waals surface area contributed by atoms with Crippen molar-refractivity contribution in [3.8, 4) is 5.75 Å². The summed E-state index contributed by atoms with van der Waals surface area (Å²) in [6, 6.07) is 7.41. The minimum absolute atomic E-state index is 0.284. The van der Waals surface area contributed by atoms with Gasteiger partial charge in [0.1, 0.15) is 5.75 Å². The summed E-state index contributed by atoms with van der Waals surface area (Å²) in [6.07, 6.45) is 0. The van der Waals surface area contributed by atoms with Crippen LogP contribution in [-0.2, 0) is 11.4 Å². The Kier molecular flexibility index (Phi) is 5.16. The number of aromatic nitrogens is 1. The average molecular weight is 305 g/mol. The first-order valence-electron chi connectivity index (χ1n) is 6.65. The predicted molar refractivity (Wildman–Crippen MR) is 84.7 cm³/mol. The first kappa shape index (κ1) is 15.3. The molecule has 1 heterocycles. The summed E-state index contributed by atoms with van der Waals surface area (Å²) in [6.45, 7) is 4.53. The molecule has 0 aliphatic rings. The third-order valence-electron chi connectivity index (χ3n) is 2.82. The van der Waals surface area contributed by atoms with Gasteiger partial charge in [0.15, 0.2) is 12.4 Å². The first-order chi connectivity index (χ1) is 10.1. The summed E-state index contributed by atoms with van der Waals surface area (Å²) in [4.78, 5) is 9.75. The van der Waals surface area contributed by atoms with E-state index in [1.807, 2.05) is 29.6 Å². The molecule has 0 fully saturated rings. The topological polar surface area (TPSA) is 69.7 Å². The largest absolute Gasteiger partial charge is 0.496 e. The maximum atomic E-state index is 5.92. The second-order valence-corrected chi connectivity index (χ2v) is 5.67. The molecule has 2 rings (SSSR count). The van der Waals surface area contributed by atoms with Crippen molar-refractivity contribution in [2.75, 3.05) is 7.11 Å². The Labute approximate surface area is 128 Å². The number of benzene rings is 1. The summed E-state index contributed by atoms with van der Waals surface area (Å²) in [5.41, 5.74) is 7.49. The van der Waals surface area contributed by atoms with Crippen molar-refractivity contribution >= 4 is 17.2 Å². The number of ether oxygens (including phenoxy) is 1. The van der Waals surface area contributed by atoms with Crippen LogP contribution in [0.25, 0.3) is 0 Å². The fraction of sp³-hybridized carbons (Fsp3) is 0.333. The number of hydrogen-bond donors (Lipinski definition) is 1. The fourth-order valence-electron chi connectivity index (χ4n) is 1.73. The molecule has 0 spiro atoms. The SMILES string of the molecule is COc1ccccc1/C(N)=N/OCc1csc(C(C)C)n1. The van der Waals surface area contributed by atoms with E-state index >= 15 is 0 Å². The third-order valence-corrected chi connectivity index (χ3v) is 4.02. The minimum atomic E-state index is 0.284. The predicted octanol–water partition coefficient (Wildman–Crippen LogP) is 3.11. The van der Waals surface area contributed by atoms with Gasteiger partial charge in [0.25, 0.3) is 0 Å². The Morgan fingerprint density at radius 1 is 1.38 bits per heavy atom. The summed E-state index contributed by atoms with van der Waals surface area (Å²) < 4.78 is 5.23. The molecule has 2 aromatic rings. The van der Waals surface area contributed by atoms with Gasteiger partial charge >= 0.3 is 0 Å². The number of rotatable bonds is 6. The molecule has 0 bridgehead atoms. The summed E-state index contributed by atoms with van der Waals surface area (Å²) in [7, 11) is 1.59. The number of nitrogens with zero attached hydrogens (tertiary/aromatic N) is 2. The molecule has 0 radical (unpaired) electrons. The zero-order valence-corrected chi connectivity index (χ0v) is 13.2. The van der Waals surface area contributed by atoms with Crippen LogP contribution in [0.2, 0.25) is 0 Å². The van der Waals surface area contributed by atoms with Crippen molar-refractivity contribution in [3.05, 3.63) is 45.9 Å². The van der Waals surface area contributed by atoms with Gasteiger partial charge in [-0.05, 0) is 12.1 Å². The van der Waals surface area contributed by atoms with Crippen LogP contribution in [0.3, 0.4) is 0 Å². The number of nitrogens with two attached hydrogens (primary N) is 1. The fourth-order valence-corrected chi connectivity index (χ4v) is 2.55. The number of oxime groups is 1. The second kappa shape index (κ2) is 7.08. The van der Waals surface area contributed by atoms with E-state index in [-0.39, 0.29) is 5.84 Å². The molecule has 0 saturated carbocycles. The number of para-hydroxylation sites is 1. The third kappa shape index (κ3) is 3.95. The molecule has 0 unspecified atom stereocenters. The molecule has 0 aliphatic heterocycles. The molecule has 5 nitrogen and oxygen atoms in total. The molecule has 0 atom stereocenters. The molecule has 112 valence electrons. The highest BCUT2D eigenvalue weighted by atomic mass is 32.1. The monoisotopic (exact) mass is 305 g/mol. The zero-order chi connectivity index (χ0) is 15.2. The molecule has 6 heteroatoms. The second-order valence-electron chi connectivity index (χ2n) is 4.78. The van der Waals surface area contributed by atoms with Gasteiger partial charge in [-0.1, -0.05) is 31.1 Å². The molecular weight excluding hydrogens is 286 g/mol. The van der Waals surface area contributed by atoms with E-state index in [2.05, 4.69) is 24.0 Å². The summed E-state index contributed by atoms with van der Waals surface area (Å²) >= 11 is 1.63. The lowest BCUT2D eigenvalue weighted by Crippen LogP contribution is -2.15. The van der Waals surface area contributed by atoms with Crippen LogP contribution in [0, 0.1) is 0 Å². The van der Waals surface area contributed by atoms with E-state index in [1.165, 1.54) is 0 Å². The number of hydrogen-bond acceptors (Lipinski definition) is 5. The Morgan fingerprint density at radius 3 is 2.81 bits per heavy atom. The van der Waals surface area contributed by atoms with Crippen LogP contribution in [0.5, 0.6) is 5.75 Å². The zero-order valence-electron chi connectivity index (χ0n) is 12.4. The Bertz CT molecular complexity index is 623. The lowest BCUT2D eigenvalue weighted by Gasteiger charge is -2.06. The molecule has 21 heavy (non-hydrogen) atoms. The van der Waals surface area contributed by atoms with Gasteiger partial charge in [0.2, 0.25) is 0 Å². The highest BCUT2D eigenvalue weighted by molar-refractivity contribution is 7.09. The van der Waals surface area contributed by atoms with E-state index in [4.69, 9.17) is 15.3 Å². The molecule has 0 saturated heterocycles. The molecule has 0 aliphatic carbocycles. The van der Waals surface area contributed by atoms with Gasteiger partial charge in [-0.25, -0.2) is 4.98 Å². The van der Waals surface area contributed by atoms with Gasteiger partial charge < -0.3 is 15.3 Å². The number of methoxy groups -OCH3 is 1. The summed E-state index contributed by atoms with van der Waals surface area (Å²) in [5.74, 6) is 1.37. The summed E-state index contributed by atoms with van der Waals surface area (Å²) in [5, 5.41) is 7.00. The van der Waals surface area contributed by atoms with Crippen molar-refractivity contribution in [2.24, 2.45) is 10.9 Å². The van der Waals surface area contributed by atoms with Crippen molar-refractivity contribution < 1.29 is 9.57 Å². The number of thiazole rings is 1. The maximum Gasteiger partial charge on any atom is 0.174 e. The lowest BCUT2D eigenvalue weighted by atomic mass is 10.2. The van der Waals surface area contributed by atoms with E-state index in [1.54, 1.807) is 18.4 Å². The highest BCUT2D eigenvalue weighted by Gasteiger charge is 2.08. The van der Waals surface area contributed by atoms with Crippen LogP contribution < -0.4 is 10.5 Å². The quantitative estimate of drug-likeness (QED) is 0.506. The molecule has 1 aromatic carbocycles. The van der Waals surface area contributed by atoms with Crippen molar-refractivity contribution in [1.82, 2.24) is 4.98 Å². The van der Waals surface area contributed by atoms with Crippen LogP contribution in [0.4, 0.5) is 0 Å². The lowest BCUT2D eigenvalue weighted by molar-refractivity contribution is 0.128. The van der Waals surface area contributed by atoms with E-state index < -0.39 is 0 Å². The average Bonchev–Trinajstić information content (AvgIpc) is 2.96. The smallest absolute Gasteiger partial charge is 0.174 e. The number of amidine groups is 1. The van der Waals surface area contributed by atoms with E-state index in [0.29, 0.717) is 23.8 Å². The van der Waals surface area contributed by atoms with Crippen LogP contribution >= 0.6 is 11.3 Å². The molecule has 1 aromatic heterocycles. The Hall–Kier alpha value is -2.08. The van der Waals surface area contributed by atoms with Gasteiger partial charge in [0.05, 0.1) is 23.4 Å². The molecule has 2 N–H and O–H groups in total. The van der Waals surface area contributed by atoms with Crippen molar-refractivity contribution in [3.63, 3.8) is 0 Å². The van der Waals surface area contributed by atoms with Crippen LogP contribution in [0.1, 0.15) is 36.0 Å². The van der Waals surface area contributed by atoms with Crippen LogP contribution in [-0.4, -0.2) is 17.9 Å². The normalized spacial score (nSPS) is 11.7. The van der Waals surface area contributed by atoms with Gasteiger partial charge in [-0.3, -0.25) is 0 Å². The van der Waals surface area contributed by atoms with Crippen LogP contribution in [0.15, 0.2) is 34.8 Å². The van der Waals surface area contributed by atoms with Gasteiger partial charge in [-0.15, -0.1) is 11.3 Å². The molecular formula is C15H19N3O2S. The van der Waals surface area contributed by atoms with E-state index in [0.717, 1.165) is 10.7 Å². The molecule has 0 amide bonds. The van der Waals surface area contributed by atoms with Crippen molar-refractivity contribution in [2.45, 2.75) is 26.4 Å². The Morgan fingerprint density at radius 2 is 2.14 bits per heavy atom. The Balaban J connectivity index is 2.00.